The van der Waals surface area contributed by atoms with Crippen LogP contribution in [-0.4, -0.2) is 4.98 Å². The highest BCUT2D eigenvalue weighted by atomic mass is 19.1. The molecule has 0 unspecified atom stereocenters. The highest BCUT2D eigenvalue weighted by Gasteiger charge is 1.99. The van der Waals surface area contributed by atoms with Gasteiger partial charge in [0, 0.05) is 11.8 Å². The molecular formula is C13H12FN. The predicted molar refractivity (Wildman–Crippen MR) is 59.0 cm³/mol. The van der Waals surface area contributed by atoms with E-state index in [9.17, 15) is 4.39 Å². The van der Waals surface area contributed by atoms with Gasteiger partial charge in [-0.15, -0.1) is 0 Å². The van der Waals surface area contributed by atoms with Crippen molar-refractivity contribution in [1.82, 2.24) is 4.98 Å². The van der Waals surface area contributed by atoms with Crippen molar-refractivity contribution in [3.05, 3.63) is 54.1 Å². The maximum atomic E-state index is 12.6. The first-order chi connectivity index (χ1) is 7.29. The number of rotatable bonds is 2. The first-order valence-corrected chi connectivity index (χ1v) is 5.00. The van der Waals surface area contributed by atoms with E-state index >= 15 is 0 Å². The summed E-state index contributed by atoms with van der Waals surface area (Å²) in [5.41, 5.74) is 3.31. The molecule has 2 aromatic rings. The Hall–Kier alpha value is -1.70. The van der Waals surface area contributed by atoms with Crippen LogP contribution in [0.3, 0.4) is 0 Å². The van der Waals surface area contributed by atoms with Gasteiger partial charge in [0.15, 0.2) is 0 Å². The summed E-state index contributed by atoms with van der Waals surface area (Å²) in [4.78, 5) is 3.64. The molecule has 2 heteroatoms. The molecule has 0 saturated heterocycles. The number of hydrogen-bond donors (Lipinski definition) is 0. The lowest BCUT2D eigenvalue weighted by molar-refractivity contribution is 0.584. The van der Waals surface area contributed by atoms with Crippen LogP contribution in [0.5, 0.6) is 0 Å². The maximum absolute atomic E-state index is 12.6. The second kappa shape index (κ2) is 4.22. The van der Waals surface area contributed by atoms with Crippen LogP contribution in [0, 0.1) is 5.95 Å². The van der Waals surface area contributed by atoms with Gasteiger partial charge in [0.25, 0.3) is 0 Å². The second-order valence-electron chi connectivity index (χ2n) is 3.42. The van der Waals surface area contributed by atoms with Crippen molar-refractivity contribution in [2.45, 2.75) is 13.3 Å². The van der Waals surface area contributed by atoms with E-state index in [1.54, 1.807) is 12.3 Å². The molecule has 1 aromatic carbocycles. The zero-order valence-corrected chi connectivity index (χ0v) is 8.57. The number of aryl methyl sites for hydroxylation is 1. The maximum Gasteiger partial charge on any atom is 0.212 e. The molecule has 0 radical (unpaired) electrons. The average Bonchev–Trinajstić information content (AvgIpc) is 2.30. The Morgan fingerprint density at radius 2 is 2.00 bits per heavy atom. The van der Waals surface area contributed by atoms with Crippen molar-refractivity contribution < 1.29 is 4.39 Å². The molecular weight excluding hydrogens is 189 g/mol. The number of pyridine rings is 1. The van der Waals surface area contributed by atoms with Crippen LogP contribution in [-0.2, 0) is 6.42 Å². The normalized spacial score (nSPS) is 10.3. The lowest BCUT2D eigenvalue weighted by Gasteiger charge is -2.03. The fourth-order valence-electron chi connectivity index (χ4n) is 1.52. The van der Waals surface area contributed by atoms with Gasteiger partial charge in [0.05, 0.1) is 0 Å². The van der Waals surface area contributed by atoms with Gasteiger partial charge >= 0.3 is 0 Å². The van der Waals surface area contributed by atoms with Gasteiger partial charge in [-0.2, -0.15) is 4.39 Å². The monoisotopic (exact) mass is 201 g/mol. The molecule has 0 N–H and O–H groups in total. The number of halogens is 1. The lowest BCUT2D eigenvalue weighted by Crippen LogP contribution is -1.85. The third kappa shape index (κ3) is 2.21. The summed E-state index contributed by atoms with van der Waals surface area (Å²) in [5.74, 6) is -0.439. The van der Waals surface area contributed by atoms with Gasteiger partial charge < -0.3 is 0 Å². The zero-order valence-electron chi connectivity index (χ0n) is 8.57. The third-order valence-electron chi connectivity index (χ3n) is 2.40. The Morgan fingerprint density at radius 1 is 1.13 bits per heavy atom. The van der Waals surface area contributed by atoms with E-state index in [0.717, 1.165) is 17.5 Å². The fraction of sp³-hybridized carbons (Fsp3) is 0.154. The molecule has 0 atom stereocenters. The highest BCUT2D eigenvalue weighted by molar-refractivity contribution is 5.62. The average molecular weight is 201 g/mol. The van der Waals surface area contributed by atoms with Crippen LogP contribution in [0.1, 0.15) is 12.5 Å². The number of aromatic nitrogens is 1. The molecule has 1 heterocycles. The zero-order chi connectivity index (χ0) is 10.7. The van der Waals surface area contributed by atoms with Crippen LogP contribution >= 0.6 is 0 Å². The van der Waals surface area contributed by atoms with Gasteiger partial charge in [-0.05, 0) is 29.7 Å². The second-order valence-corrected chi connectivity index (χ2v) is 3.42. The molecule has 1 nitrogen and oxygen atoms in total. The molecule has 0 spiro atoms. The van der Waals surface area contributed by atoms with Crippen molar-refractivity contribution in [3.8, 4) is 11.1 Å². The van der Waals surface area contributed by atoms with E-state index in [0.29, 0.717) is 0 Å². The molecule has 2 rings (SSSR count). The first kappa shape index (κ1) is 9.84. The minimum atomic E-state index is -0.439. The van der Waals surface area contributed by atoms with E-state index in [-0.39, 0.29) is 0 Å². The van der Waals surface area contributed by atoms with Crippen LogP contribution in [0.15, 0.2) is 42.6 Å². The van der Waals surface area contributed by atoms with Crippen molar-refractivity contribution in [2.24, 2.45) is 0 Å². The minimum absolute atomic E-state index is 0.439. The number of hydrogen-bond acceptors (Lipinski definition) is 1. The summed E-state index contributed by atoms with van der Waals surface area (Å²) in [6.45, 7) is 2.11. The van der Waals surface area contributed by atoms with Gasteiger partial charge in [-0.25, -0.2) is 4.98 Å². The summed E-state index contributed by atoms with van der Waals surface area (Å²) in [6.07, 6.45) is 2.56. The Kier molecular flexibility index (Phi) is 2.77. The predicted octanol–water partition coefficient (Wildman–Crippen LogP) is 3.45. The van der Waals surface area contributed by atoms with Crippen LogP contribution in [0.2, 0.25) is 0 Å². The summed E-state index contributed by atoms with van der Waals surface area (Å²) in [5, 5.41) is 0. The third-order valence-corrected chi connectivity index (χ3v) is 2.40. The molecule has 0 saturated carbocycles. The SMILES string of the molecule is CCc1cccc(-c2ccc(F)nc2)c1. The van der Waals surface area contributed by atoms with E-state index < -0.39 is 5.95 Å². The number of nitrogens with zero attached hydrogens (tertiary/aromatic N) is 1. The lowest BCUT2D eigenvalue weighted by atomic mass is 10.0. The van der Waals surface area contributed by atoms with Crippen molar-refractivity contribution >= 4 is 0 Å². The summed E-state index contributed by atoms with van der Waals surface area (Å²) in [7, 11) is 0. The molecule has 1 aromatic heterocycles. The van der Waals surface area contributed by atoms with E-state index in [1.165, 1.54) is 11.6 Å². The fourth-order valence-corrected chi connectivity index (χ4v) is 1.52. The van der Waals surface area contributed by atoms with Crippen molar-refractivity contribution in [1.29, 1.82) is 0 Å². The first-order valence-electron chi connectivity index (χ1n) is 5.00. The molecule has 0 aliphatic carbocycles. The molecule has 15 heavy (non-hydrogen) atoms. The molecule has 0 fully saturated rings. The van der Waals surface area contributed by atoms with Gasteiger partial charge in [-0.1, -0.05) is 31.2 Å². The Bertz CT molecular complexity index is 448. The molecule has 0 amide bonds. The Balaban J connectivity index is 2.40. The van der Waals surface area contributed by atoms with Crippen molar-refractivity contribution in [3.63, 3.8) is 0 Å². The van der Waals surface area contributed by atoms with E-state index in [4.69, 9.17) is 0 Å². The standard InChI is InChI=1S/C13H12FN/c1-2-10-4-3-5-11(8-10)12-6-7-13(14)15-9-12/h3-9H,2H2,1H3. The Morgan fingerprint density at radius 3 is 2.67 bits per heavy atom. The van der Waals surface area contributed by atoms with Crippen LogP contribution in [0.25, 0.3) is 11.1 Å². The summed E-state index contributed by atoms with van der Waals surface area (Å²) in [6, 6.07) is 11.3. The van der Waals surface area contributed by atoms with E-state index in [1.807, 2.05) is 12.1 Å². The summed E-state index contributed by atoms with van der Waals surface area (Å²) < 4.78 is 12.6. The van der Waals surface area contributed by atoms with Gasteiger partial charge in [-0.3, -0.25) is 0 Å². The van der Waals surface area contributed by atoms with Gasteiger partial charge in [0.1, 0.15) is 0 Å². The smallest absolute Gasteiger partial charge is 0.212 e. The van der Waals surface area contributed by atoms with Crippen molar-refractivity contribution in [2.75, 3.05) is 0 Å². The minimum Gasteiger partial charge on any atom is -0.228 e. The van der Waals surface area contributed by atoms with E-state index in [2.05, 4.69) is 24.0 Å². The highest BCUT2D eigenvalue weighted by Crippen LogP contribution is 2.19. The van der Waals surface area contributed by atoms with Crippen LogP contribution in [0.4, 0.5) is 4.39 Å². The topological polar surface area (TPSA) is 12.9 Å². The Labute approximate surface area is 88.6 Å². The molecule has 76 valence electrons. The molecule has 0 aliphatic heterocycles. The van der Waals surface area contributed by atoms with Crippen LogP contribution < -0.4 is 0 Å². The summed E-state index contributed by atoms with van der Waals surface area (Å²) >= 11 is 0. The quantitative estimate of drug-likeness (QED) is 0.678. The van der Waals surface area contributed by atoms with Gasteiger partial charge in [0.2, 0.25) is 5.95 Å². The number of benzene rings is 1. The largest absolute Gasteiger partial charge is 0.228 e. The molecule has 0 bridgehead atoms. The molecule has 0 aliphatic rings.